The number of para-hydroxylation sites is 2. The molecule has 0 unspecified atom stereocenters. The van der Waals surface area contributed by atoms with Gasteiger partial charge in [-0.1, -0.05) is 62.0 Å². The summed E-state index contributed by atoms with van der Waals surface area (Å²) in [6, 6.07) is 19.6. The van der Waals surface area contributed by atoms with E-state index < -0.39 is 0 Å². The van der Waals surface area contributed by atoms with Crippen molar-refractivity contribution in [3.05, 3.63) is 84.3 Å². The van der Waals surface area contributed by atoms with Gasteiger partial charge in [0, 0.05) is 12.4 Å². The SMILES string of the molecule is CC(C)c1ccccc1-n1ccnc1SCC(=O)Nc1c(C#N)cnn1-c1ccccc1. The van der Waals surface area contributed by atoms with Crippen molar-refractivity contribution in [1.82, 2.24) is 19.3 Å². The Labute approximate surface area is 190 Å². The third-order valence-electron chi connectivity index (χ3n) is 4.91. The van der Waals surface area contributed by atoms with E-state index in [1.807, 2.05) is 53.2 Å². The van der Waals surface area contributed by atoms with Gasteiger partial charge in [-0.3, -0.25) is 9.36 Å². The maximum atomic E-state index is 12.8. The molecule has 0 radical (unpaired) electrons. The van der Waals surface area contributed by atoms with E-state index in [-0.39, 0.29) is 11.7 Å². The summed E-state index contributed by atoms with van der Waals surface area (Å²) in [6.07, 6.45) is 5.08. The first-order chi connectivity index (χ1) is 15.6. The molecule has 0 aliphatic carbocycles. The number of imidazole rings is 1. The van der Waals surface area contributed by atoms with Crippen LogP contribution in [0, 0.1) is 11.3 Å². The number of nitrogens with zero attached hydrogens (tertiary/aromatic N) is 5. The molecule has 4 rings (SSSR count). The minimum atomic E-state index is -0.240. The van der Waals surface area contributed by atoms with E-state index in [1.54, 1.807) is 10.9 Å². The number of rotatable bonds is 7. The number of carbonyl (C=O) groups is 1. The lowest BCUT2D eigenvalue weighted by Crippen LogP contribution is -2.18. The minimum absolute atomic E-state index is 0.145. The lowest BCUT2D eigenvalue weighted by atomic mass is 10.0. The molecular weight excluding hydrogens is 420 g/mol. The van der Waals surface area contributed by atoms with Crippen molar-refractivity contribution in [3.8, 4) is 17.4 Å². The van der Waals surface area contributed by atoms with Crippen LogP contribution in [-0.4, -0.2) is 31.0 Å². The lowest BCUT2D eigenvalue weighted by molar-refractivity contribution is -0.113. The molecule has 0 saturated carbocycles. The van der Waals surface area contributed by atoms with Crippen molar-refractivity contribution in [2.45, 2.75) is 24.9 Å². The molecule has 0 aliphatic rings. The Hall–Kier alpha value is -3.83. The number of anilines is 1. The Morgan fingerprint density at radius 3 is 2.66 bits per heavy atom. The molecule has 2 aromatic heterocycles. The molecule has 7 nitrogen and oxygen atoms in total. The molecule has 0 spiro atoms. The quantitative estimate of drug-likeness (QED) is 0.416. The van der Waals surface area contributed by atoms with Crippen LogP contribution < -0.4 is 5.32 Å². The van der Waals surface area contributed by atoms with Crippen LogP contribution in [0.15, 0.2) is 78.3 Å². The van der Waals surface area contributed by atoms with Gasteiger partial charge < -0.3 is 5.32 Å². The van der Waals surface area contributed by atoms with Gasteiger partial charge in [0.15, 0.2) is 11.0 Å². The standard InChI is InChI=1S/C24H22N6OS/c1-17(2)20-10-6-7-11-21(20)29-13-12-26-24(29)32-16-22(31)28-23-18(14-25)15-27-30(23)19-8-4-3-5-9-19/h3-13,15,17H,16H2,1-2H3,(H,28,31). The lowest BCUT2D eigenvalue weighted by Gasteiger charge is -2.15. The topological polar surface area (TPSA) is 88.5 Å². The number of benzene rings is 2. The molecule has 32 heavy (non-hydrogen) atoms. The number of carbonyl (C=O) groups excluding carboxylic acids is 1. The number of amides is 1. The highest BCUT2D eigenvalue weighted by Crippen LogP contribution is 2.27. The zero-order valence-corrected chi connectivity index (χ0v) is 18.6. The van der Waals surface area contributed by atoms with Crippen molar-refractivity contribution in [3.63, 3.8) is 0 Å². The molecule has 0 atom stereocenters. The van der Waals surface area contributed by atoms with E-state index in [1.165, 1.54) is 23.5 Å². The Morgan fingerprint density at radius 1 is 1.16 bits per heavy atom. The van der Waals surface area contributed by atoms with Crippen molar-refractivity contribution in [2.24, 2.45) is 0 Å². The highest BCUT2D eigenvalue weighted by Gasteiger charge is 2.17. The van der Waals surface area contributed by atoms with Crippen LogP contribution in [0.3, 0.4) is 0 Å². The predicted molar refractivity (Wildman–Crippen MR) is 125 cm³/mol. The summed E-state index contributed by atoms with van der Waals surface area (Å²) in [7, 11) is 0. The second-order valence-corrected chi connectivity index (χ2v) is 8.34. The van der Waals surface area contributed by atoms with Crippen molar-refractivity contribution >= 4 is 23.5 Å². The van der Waals surface area contributed by atoms with E-state index in [0.29, 0.717) is 17.3 Å². The van der Waals surface area contributed by atoms with Gasteiger partial charge in [-0.15, -0.1) is 0 Å². The molecule has 8 heteroatoms. The number of nitriles is 1. The Bertz CT molecular complexity index is 1270. The third-order valence-corrected chi connectivity index (χ3v) is 5.87. The van der Waals surface area contributed by atoms with Crippen molar-refractivity contribution < 1.29 is 4.79 Å². The predicted octanol–water partition coefficient (Wildman–Crippen LogP) is 4.78. The fourth-order valence-electron chi connectivity index (χ4n) is 3.39. The fourth-order valence-corrected chi connectivity index (χ4v) is 4.15. The minimum Gasteiger partial charge on any atom is -0.309 e. The summed E-state index contributed by atoms with van der Waals surface area (Å²) < 4.78 is 3.56. The van der Waals surface area contributed by atoms with Crippen molar-refractivity contribution in [2.75, 3.05) is 11.1 Å². The Kier molecular flexibility index (Phi) is 6.38. The first-order valence-electron chi connectivity index (χ1n) is 10.2. The highest BCUT2D eigenvalue weighted by atomic mass is 32.2. The number of aromatic nitrogens is 4. The first kappa shape index (κ1) is 21.4. The van der Waals surface area contributed by atoms with Crippen LogP contribution >= 0.6 is 11.8 Å². The van der Waals surface area contributed by atoms with Crippen LogP contribution in [0.25, 0.3) is 11.4 Å². The molecule has 0 aliphatic heterocycles. The zero-order chi connectivity index (χ0) is 22.5. The van der Waals surface area contributed by atoms with Crippen LogP contribution in [0.5, 0.6) is 0 Å². The molecule has 160 valence electrons. The van der Waals surface area contributed by atoms with E-state index >= 15 is 0 Å². The van der Waals surface area contributed by atoms with Gasteiger partial charge in [0.05, 0.1) is 23.3 Å². The molecular formula is C24H22N6OS. The maximum Gasteiger partial charge on any atom is 0.236 e. The smallest absolute Gasteiger partial charge is 0.236 e. The molecule has 0 fully saturated rings. The molecule has 0 bridgehead atoms. The van der Waals surface area contributed by atoms with E-state index in [2.05, 4.69) is 47.4 Å². The molecule has 1 amide bonds. The summed E-state index contributed by atoms with van der Waals surface area (Å²) in [5, 5.41) is 17.3. The van der Waals surface area contributed by atoms with Crippen LogP contribution in [0.1, 0.15) is 30.9 Å². The average Bonchev–Trinajstić information content (AvgIpc) is 3.45. The van der Waals surface area contributed by atoms with Gasteiger partial charge in [-0.2, -0.15) is 10.4 Å². The number of hydrogen-bond acceptors (Lipinski definition) is 5. The van der Waals surface area contributed by atoms with Gasteiger partial charge in [0.2, 0.25) is 5.91 Å². The van der Waals surface area contributed by atoms with E-state index in [4.69, 9.17) is 0 Å². The van der Waals surface area contributed by atoms with Crippen molar-refractivity contribution in [1.29, 1.82) is 5.26 Å². The molecule has 0 saturated heterocycles. The number of thioether (sulfide) groups is 1. The summed E-state index contributed by atoms with van der Waals surface area (Å²) in [4.78, 5) is 17.2. The van der Waals surface area contributed by atoms with Gasteiger partial charge in [0.25, 0.3) is 0 Å². The summed E-state index contributed by atoms with van der Waals surface area (Å²) in [5.41, 5.74) is 3.33. The fraction of sp³-hybridized carbons (Fsp3) is 0.167. The normalized spacial score (nSPS) is 10.8. The second kappa shape index (κ2) is 9.54. The Balaban J connectivity index is 1.51. The van der Waals surface area contributed by atoms with Gasteiger partial charge in [-0.05, 0) is 29.7 Å². The Morgan fingerprint density at radius 2 is 1.91 bits per heavy atom. The summed E-state index contributed by atoms with van der Waals surface area (Å²) in [6.45, 7) is 4.30. The largest absolute Gasteiger partial charge is 0.309 e. The zero-order valence-electron chi connectivity index (χ0n) is 17.8. The van der Waals surface area contributed by atoms with E-state index in [0.717, 1.165) is 16.5 Å². The maximum absolute atomic E-state index is 12.8. The number of hydrogen-bond donors (Lipinski definition) is 1. The summed E-state index contributed by atoms with van der Waals surface area (Å²) in [5.74, 6) is 0.622. The monoisotopic (exact) mass is 442 g/mol. The third kappa shape index (κ3) is 4.43. The molecule has 4 aromatic rings. The van der Waals surface area contributed by atoms with Crippen LogP contribution in [0.2, 0.25) is 0 Å². The summed E-state index contributed by atoms with van der Waals surface area (Å²) >= 11 is 1.34. The van der Waals surface area contributed by atoms with Crippen LogP contribution in [-0.2, 0) is 4.79 Å². The second-order valence-electron chi connectivity index (χ2n) is 7.40. The molecule has 2 aromatic carbocycles. The average molecular weight is 443 g/mol. The highest BCUT2D eigenvalue weighted by molar-refractivity contribution is 7.99. The molecule has 1 N–H and O–H groups in total. The first-order valence-corrected chi connectivity index (χ1v) is 11.2. The van der Waals surface area contributed by atoms with Gasteiger partial charge in [-0.25, -0.2) is 9.67 Å². The van der Waals surface area contributed by atoms with E-state index in [9.17, 15) is 10.1 Å². The number of nitrogens with one attached hydrogen (secondary N) is 1. The van der Waals surface area contributed by atoms with Crippen LogP contribution in [0.4, 0.5) is 5.82 Å². The van der Waals surface area contributed by atoms with Gasteiger partial charge >= 0.3 is 0 Å². The van der Waals surface area contributed by atoms with Gasteiger partial charge in [0.1, 0.15) is 11.6 Å². The molecule has 2 heterocycles.